The van der Waals surface area contributed by atoms with E-state index in [1.54, 1.807) is 22.7 Å². The molecule has 4 aromatic heterocycles. The molecule has 0 aliphatic carbocycles. The highest BCUT2D eigenvalue weighted by Gasteiger charge is 2.19. The van der Waals surface area contributed by atoms with Crippen LogP contribution in [0, 0.1) is 0 Å². The number of hydrogen-bond acceptors (Lipinski definition) is 7. The lowest BCUT2D eigenvalue weighted by atomic mass is 9.96. The van der Waals surface area contributed by atoms with Gasteiger partial charge in [0.1, 0.15) is 0 Å². The second-order valence-corrected chi connectivity index (χ2v) is 15.8. The lowest BCUT2D eigenvalue weighted by Crippen LogP contribution is -2.00. The van der Waals surface area contributed by atoms with Crippen LogP contribution in [0.4, 0.5) is 0 Å². The minimum Gasteiger partial charge on any atom is -0.226 e. The molecular weight excluding hydrogens is 723 g/mol. The molecular formula is C49H29N5S2. The van der Waals surface area contributed by atoms with Crippen LogP contribution in [0.1, 0.15) is 0 Å². The summed E-state index contributed by atoms with van der Waals surface area (Å²) >= 11 is 3.56. The lowest BCUT2D eigenvalue weighted by Gasteiger charge is -2.10. The SMILES string of the molecule is c1ccc(-c2nc(-c3ccccc3)nc(-c3ccc4sc5cccc(-c6cccc(-c7nc(-c8ccccc8)nc8c7sc7ccccc78)c6)c5c4c3)n2)cc1. The van der Waals surface area contributed by atoms with Gasteiger partial charge < -0.3 is 0 Å². The molecule has 0 atom stereocenters. The van der Waals surface area contributed by atoms with E-state index in [1.165, 1.54) is 30.4 Å². The van der Waals surface area contributed by atoms with Gasteiger partial charge in [-0.25, -0.2) is 24.9 Å². The minimum atomic E-state index is 0.642. The first kappa shape index (κ1) is 32.5. The van der Waals surface area contributed by atoms with Crippen molar-refractivity contribution in [2.24, 2.45) is 0 Å². The summed E-state index contributed by atoms with van der Waals surface area (Å²) in [6.45, 7) is 0. The van der Waals surface area contributed by atoms with E-state index in [0.29, 0.717) is 17.5 Å². The third kappa shape index (κ3) is 5.64. The highest BCUT2D eigenvalue weighted by molar-refractivity contribution is 7.26. The van der Waals surface area contributed by atoms with Gasteiger partial charge in [0.25, 0.3) is 0 Å². The quantitative estimate of drug-likeness (QED) is 0.169. The molecule has 0 amide bonds. The second-order valence-electron chi connectivity index (χ2n) is 13.6. The number of aromatic nitrogens is 5. The van der Waals surface area contributed by atoms with Gasteiger partial charge in [0, 0.05) is 58.1 Å². The van der Waals surface area contributed by atoms with Crippen LogP contribution >= 0.6 is 22.7 Å². The van der Waals surface area contributed by atoms with Crippen molar-refractivity contribution in [2.45, 2.75) is 0 Å². The smallest absolute Gasteiger partial charge is 0.164 e. The van der Waals surface area contributed by atoms with E-state index >= 15 is 0 Å². The fourth-order valence-electron chi connectivity index (χ4n) is 7.48. The maximum absolute atomic E-state index is 5.26. The number of rotatable bonds is 6. The molecule has 7 aromatic carbocycles. The van der Waals surface area contributed by atoms with Crippen molar-refractivity contribution in [3.63, 3.8) is 0 Å². The summed E-state index contributed by atoms with van der Waals surface area (Å²) in [6, 6.07) is 61.0. The van der Waals surface area contributed by atoms with Crippen LogP contribution in [-0.4, -0.2) is 24.9 Å². The molecule has 0 spiro atoms. The Labute approximate surface area is 330 Å². The van der Waals surface area contributed by atoms with Crippen LogP contribution in [0.2, 0.25) is 0 Å². The summed E-state index contributed by atoms with van der Waals surface area (Å²) in [6.07, 6.45) is 0. The molecule has 11 rings (SSSR count). The average Bonchev–Trinajstić information content (AvgIpc) is 3.85. The fraction of sp³-hybridized carbons (Fsp3) is 0. The number of fused-ring (bicyclic) bond motifs is 6. The van der Waals surface area contributed by atoms with Crippen molar-refractivity contribution in [3.05, 3.63) is 176 Å². The largest absolute Gasteiger partial charge is 0.226 e. The van der Waals surface area contributed by atoms with Crippen LogP contribution in [0.5, 0.6) is 0 Å². The van der Waals surface area contributed by atoms with Gasteiger partial charge in [-0.15, -0.1) is 22.7 Å². The van der Waals surface area contributed by atoms with Crippen molar-refractivity contribution in [3.8, 4) is 67.9 Å². The molecule has 0 aliphatic rings. The highest BCUT2D eigenvalue weighted by Crippen LogP contribution is 2.44. The lowest BCUT2D eigenvalue weighted by molar-refractivity contribution is 1.07. The summed E-state index contributed by atoms with van der Waals surface area (Å²) in [5.74, 6) is 2.67. The molecule has 262 valence electrons. The Morgan fingerprint density at radius 3 is 1.55 bits per heavy atom. The summed E-state index contributed by atoms with van der Waals surface area (Å²) < 4.78 is 4.73. The Hall–Kier alpha value is -6.93. The maximum atomic E-state index is 5.26. The zero-order chi connectivity index (χ0) is 37.0. The number of thiophene rings is 2. The first-order chi connectivity index (χ1) is 27.7. The first-order valence-electron chi connectivity index (χ1n) is 18.4. The second kappa shape index (κ2) is 13.4. The Morgan fingerprint density at radius 2 is 0.857 bits per heavy atom. The standard InChI is InChI=1S/C49H29N5S2/c1-4-14-30(15-5-1)46-50-43(45-44(51-46)37-22-10-11-24-39(37)56-45)34-21-12-20-33(28-34)36-23-13-25-41-42(36)38-29-35(26-27-40(38)55-41)49-53-47(31-16-6-2-7-17-31)52-48(54-49)32-18-8-3-9-19-32/h1-29H. The van der Waals surface area contributed by atoms with Crippen molar-refractivity contribution < 1.29 is 0 Å². The molecule has 0 aliphatic heterocycles. The van der Waals surface area contributed by atoms with Gasteiger partial charge in [0.05, 0.1) is 15.9 Å². The van der Waals surface area contributed by atoms with Crippen molar-refractivity contribution in [1.82, 2.24) is 24.9 Å². The Balaban J connectivity index is 1.08. The van der Waals surface area contributed by atoms with Gasteiger partial charge >= 0.3 is 0 Å². The molecule has 0 fully saturated rings. The number of benzene rings is 7. The van der Waals surface area contributed by atoms with E-state index < -0.39 is 0 Å². The van der Waals surface area contributed by atoms with Gasteiger partial charge in [-0.3, -0.25) is 0 Å². The van der Waals surface area contributed by atoms with Crippen molar-refractivity contribution >= 4 is 63.1 Å². The molecule has 0 saturated heterocycles. The van der Waals surface area contributed by atoms with Crippen LogP contribution < -0.4 is 0 Å². The highest BCUT2D eigenvalue weighted by atomic mass is 32.1. The van der Waals surface area contributed by atoms with Crippen LogP contribution in [-0.2, 0) is 0 Å². The topological polar surface area (TPSA) is 64.5 Å². The molecule has 11 aromatic rings. The molecule has 4 heterocycles. The zero-order valence-corrected chi connectivity index (χ0v) is 31.4. The van der Waals surface area contributed by atoms with Crippen LogP contribution in [0.3, 0.4) is 0 Å². The van der Waals surface area contributed by atoms with Crippen LogP contribution in [0.25, 0.3) is 108 Å². The van der Waals surface area contributed by atoms with E-state index in [1.807, 2.05) is 78.9 Å². The summed E-state index contributed by atoms with van der Waals surface area (Å²) in [5, 5.41) is 3.54. The molecule has 7 heteroatoms. The van der Waals surface area contributed by atoms with Gasteiger partial charge in [0.2, 0.25) is 0 Å². The molecule has 0 radical (unpaired) electrons. The fourth-order valence-corrected chi connectivity index (χ4v) is 9.75. The van der Waals surface area contributed by atoms with Gasteiger partial charge in [-0.2, -0.15) is 0 Å². The maximum Gasteiger partial charge on any atom is 0.164 e. The minimum absolute atomic E-state index is 0.642. The molecule has 0 saturated carbocycles. The van der Waals surface area contributed by atoms with E-state index in [4.69, 9.17) is 24.9 Å². The Kier molecular flexibility index (Phi) is 7.79. The van der Waals surface area contributed by atoms with E-state index in [0.717, 1.165) is 60.5 Å². The van der Waals surface area contributed by atoms with E-state index in [9.17, 15) is 0 Å². The van der Waals surface area contributed by atoms with E-state index in [-0.39, 0.29) is 0 Å². The van der Waals surface area contributed by atoms with Crippen molar-refractivity contribution in [1.29, 1.82) is 0 Å². The molecule has 0 N–H and O–H groups in total. The van der Waals surface area contributed by atoms with Gasteiger partial charge in [-0.05, 0) is 47.5 Å². The van der Waals surface area contributed by atoms with Gasteiger partial charge in [-0.1, -0.05) is 140 Å². The summed E-state index contributed by atoms with van der Waals surface area (Å²) in [5.41, 5.74) is 9.13. The third-order valence-corrected chi connectivity index (χ3v) is 12.5. The van der Waals surface area contributed by atoms with Crippen LogP contribution in [0.15, 0.2) is 176 Å². The summed E-state index contributed by atoms with van der Waals surface area (Å²) in [7, 11) is 0. The number of nitrogens with zero attached hydrogens (tertiary/aromatic N) is 5. The molecule has 0 unspecified atom stereocenters. The van der Waals surface area contributed by atoms with Crippen molar-refractivity contribution in [2.75, 3.05) is 0 Å². The number of hydrogen-bond donors (Lipinski definition) is 0. The molecule has 0 bridgehead atoms. The molecule has 5 nitrogen and oxygen atoms in total. The van der Waals surface area contributed by atoms with Gasteiger partial charge in [0.15, 0.2) is 23.3 Å². The summed E-state index contributed by atoms with van der Waals surface area (Å²) in [4.78, 5) is 25.4. The third-order valence-electron chi connectivity index (χ3n) is 10.2. The van der Waals surface area contributed by atoms with E-state index in [2.05, 4.69) is 97.1 Å². The predicted molar refractivity (Wildman–Crippen MR) is 234 cm³/mol. The zero-order valence-electron chi connectivity index (χ0n) is 29.8. The normalized spacial score (nSPS) is 11.6. The first-order valence-corrected chi connectivity index (χ1v) is 20.0. The predicted octanol–water partition coefficient (Wildman–Crippen LogP) is 13.4. The Bertz CT molecular complexity index is 3190. The monoisotopic (exact) mass is 751 g/mol. The Morgan fingerprint density at radius 1 is 0.321 bits per heavy atom. The average molecular weight is 752 g/mol. The molecule has 56 heavy (non-hydrogen) atoms.